The topological polar surface area (TPSA) is 20.2 Å². The first-order chi connectivity index (χ1) is 8.52. The number of aliphatic hydroxyl groups excluding tert-OH is 1. The highest BCUT2D eigenvalue weighted by Crippen LogP contribution is 2.35. The van der Waals surface area contributed by atoms with E-state index in [1.807, 2.05) is 0 Å². The summed E-state index contributed by atoms with van der Waals surface area (Å²) in [6.07, 6.45) is -1.09. The van der Waals surface area contributed by atoms with Crippen LogP contribution in [0.1, 0.15) is 22.8 Å². The first-order valence-corrected chi connectivity index (χ1v) is 6.56. The second-order valence-electron chi connectivity index (χ2n) is 4.02. The monoisotopic (exact) mass is 328 g/mol. The summed E-state index contributed by atoms with van der Waals surface area (Å²) in [5.74, 6) is -0.406. The van der Waals surface area contributed by atoms with E-state index in [2.05, 4.69) is 15.9 Å². The Morgan fingerprint density at radius 1 is 1.22 bits per heavy atom. The Kier molecular flexibility index (Phi) is 4.05. The molecular weight excluding hydrogens is 319 g/mol. The van der Waals surface area contributed by atoms with Crippen molar-refractivity contribution in [3.63, 3.8) is 0 Å². The Morgan fingerprint density at radius 3 is 2.56 bits per heavy atom. The van der Waals surface area contributed by atoms with Crippen LogP contribution in [0, 0.1) is 12.7 Å². The van der Waals surface area contributed by atoms with Crippen LogP contribution in [0.3, 0.4) is 0 Å². The number of aryl methyl sites for hydroxylation is 1. The van der Waals surface area contributed by atoms with Crippen LogP contribution in [-0.4, -0.2) is 5.11 Å². The van der Waals surface area contributed by atoms with E-state index < -0.39 is 11.9 Å². The number of hydrogen-bond acceptors (Lipinski definition) is 1. The van der Waals surface area contributed by atoms with Gasteiger partial charge >= 0.3 is 0 Å². The molecule has 2 aromatic carbocycles. The molecule has 1 nitrogen and oxygen atoms in total. The summed E-state index contributed by atoms with van der Waals surface area (Å²) in [6.45, 7) is 1.66. The van der Waals surface area contributed by atoms with Crippen molar-refractivity contribution in [1.82, 2.24) is 0 Å². The van der Waals surface area contributed by atoms with Crippen LogP contribution in [0.2, 0.25) is 5.02 Å². The van der Waals surface area contributed by atoms with Crippen molar-refractivity contribution in [1.29, 1.82) is 0 Å². The SMILES string of the molecule is Cc1cccc(C(O)c2c(Cl)cccc2Br)c1F. The van der Waals surface area contributed by atoms with E-state index in [9.17, 15) is 9.50 Å². The van der Waals surface area contributed by atoms with E-state index in [0.29, 0.717) is 20.6 Å². The lowest BCUT2D eigenvalue weighted by atomic mass is 9.99. The number of aliphatic hydroxyl groups is 1. The van der Waals surface area contributed by atoms with Gasteiger partial charge in [0.1, 0.15) is 11.9 Å². The Hall–Kier alpha value is -0.900. The lowest BCUT2D eigenvalue weighted by Crippen LogP contribution is -2.05. The fraction of sp³-hybridized carbons (Fsp3) is 0.143. The fourth-order valence-corrected chi connectivity index (χ4v) is 2.78. The van der Waals surface area contributed by atoms with Crippen LogP contribution >= 0.6 is 27.5 Å². The average Bonchev–Trinajstić information content (AvgIpc) is 2.32. The molecule has 94 valence electrons. The van der Waals surface area contributed by atoms with Crippen LogP contribution in [0.5, 0.6) is 0 Å². The molecule has 0 fully saturated rings. The van der Waals surface area contributed by atoms with Crippen molar-refractivity contribution in [2.75, 3.05) is 0 Å². The summed E-state index contributed by atoms with van der Waals surface area (Å²) in [7, 11) is 0. The van der Waals surface area contributed by atoms with E-state index in [4.69, 9.17) is 11.6 Å². The van der Waals surface area contributed by atoms with Gasteiger partial charge < -0.3 is 5.11 Å². The van der Waals surface area contributed by atoms with Gasteiger partial charge in [-0.05, 0) is 24.6 Å². The first-order valence-electron chi connectivity index (χ1n) is 5.39. The van der Waals surface area contributed by atoms with Gasteiger partial charge in [0.05, 0.1) is 0 Å². The second kappa shape index (κ2) is 5.39. The molecule has 2 aromatic rings. The maximum absolute atomic E-state index is 14.0. The van der Waals surface area contributed by atoms with Gasteiger partial charge in [-0.1, -0.05) is 51.8 Å². The molecule has 0 spiro atoms. The average molecular weight is 330 g/mol. The Bertz CT molecular complexity index is 566. The van der Waals surface area contributed by atoms with Crippen LogP contribution in [0.15, 0.2) is 40.9 Å². The molecule has 0 bridgehead atoms. The molecule has 2 rings (SSSR count). The van der Waals surface area contributed by atoms with Crippen molar-refractivity contribution in [3.8, 4) is 0 Å². The molecule has 0 aliphatic rings. The number of halogens is 3. The maximum atomic E-state index is 14.0. The van der Waals surface area contributed by atoms with E-state index in [-0.39, 0.29) is 5.56 Å². The fourth-order valence-electron chi connectivity index (χ4n) is 1.81. The summed E-state index contributed by atoms with van der Waals surface area (Å²) in [5.41, 5.74) is 1.20. The zero-order valence-electron chi connectivity index (χ0n) is 9.62. The number of hydrogen-bond donors (Lipinski definition) is 1. The Labute approximate surface area is 118 Å². The van der Waals surface area contributed by atoms with Gasteiger partial charge in [-0.15, -0.1) is 0 Å². The molecule has 0 amide bonds. The van der Waals surface area contributed by atoms with E-state index in [0.717, 1.165) is 0 Å². The minimum Gasteiger partial charge on any atom is -0.383 e. The zero-order chi connectivity index (χ0) is 13.3. The third-order valence-electron chi connectivity index (χ3n) is 2.79. The maximum Gasteiger partial charge on any atom is 0.132 e. The highest BCUT2D eigenvalue weighted by molar-refractivity contribution is 9.10. The van der Waals surface area contributed by atoms with Crippen LogP contribution in [0.4, 0.5) is 4.39 Å². The van der Waals surface area contributed by atoms with E-state index in [1.165, 1.54) is 0 Å². The zero-order valence-corrected chi connectivity index (χ0v) is 12.0. The lowest BCUT2D eigenvalue weighted by Gasteiger charge is -2.16. The summed E-state index contributed by atoms with van der Waals surface area (Å²) in [4.78, 5) is 0. The smallest absolute Gasteiger partial charge is 0.132 e. The summed E-state index contributed by atoms with van der Waals surface area (Å²) >= 11 is 9.38. The predicted molar refractivity (Wildman–Crippen MR) is 74.4 cm³/mol. The first kappa shape index (κ1) is 13.5. The molecule has 4 heteroatoms. The van der Waals surface area contributed by atoms with Crippen LogP contribution in [0.25, 0.3) is 0 Å². The van der Waals surface area contributed by atoms with Gasteiger partial charge in [0.2, 0.25) is 0 Å². The molecule has 0 saturated heterocycles. The van der Waals surface area contributed by atoms with Gasteiger partial charge in [-0.25, -0.2) is 4.39 Å². The molecule has 0 heterocycles. The van der Waals surface area contributed by atoms with Crippen LogP contribution < -0.4 is 0 Å². The molecule has 0 aromatic heterocycles. The number of rotatable bonds is 2. The van der Waals surface area contributed by atoms with Crippen molar-refractivity contribution in [2.45, 2.75) is 13.0 Å². The van der Waals surface area contributed by atoms with Gasteiger partial charge in [0.15, 0.2) is 0 Å². The molecule has 1 atom stereocenters. The minimum atomic E-state index is -1.09. The van der Waals surface area contributed by atoms with Gasteiger partial charge in [0.25, 0.3) is 0 Å². The quantitative estimate of drug-likeness (QED) is 0.851. The Morgan fingerprint density at radius 2 is 1.89 bits per heavy atom. The highest BCUT2D eigenvalue weighted by atomic mass is 79.9. The summed E-state index contributed by atoms with van der Waals surface area (Å²) < 4.78 is 14.6. The molecule has 0 saturated carbocycles. The summed E-state index contributed by atoms with van der Waals surface area (Å²) in [6, 6.07) is 10.1. The third kappa shape index (κ3) is 2.44. The largest absolute Gasteiger partial charge is 0.383 e. The van der Waals surface area contributed by atoms with Gasteiger partial charge in [-0.3, -0.25) is 0 Å². The summed E-state index contributed by atoms with van der Waals surface area (Å²) in [5, 5.41) is 10.7. The van der Waals surface area contributed by atoms with Gasteiger partial charge in [-0.2, -0.15) is 0 Å². The molecule has 0 aliphatic heterocycles. The Balaban J connectivity index is 2.55. The van der Waals surface area contributed by atoms with Crippen molar-refractivity contribution >= 4 is 27.5 Å². The van der Waals surface area contributed by atoms with Crippen molar-refractivity contribution in [3.05, 3.63) is 68.4 Å². The molecule has 0 radical (unpaired) electrons. The lowest BCUT2D eigenvalue weighted by molar-refractivity contribution is 0.214. The van der Waals surface area contributed by atoms with Crippen molar-refractivity contribution < 1.29 is 9.50 Å². The van der Waals surface area contributed by atoms with Crippen LogP contribution in [-0.2, 0) is 0 Å². The standard InChI is InChI=1S/C14H11BrClFO/c1-8-4-2-5-9(13(8)17)14(18)12-10(15)6-3-7-11(12)16/h2-7,14,18H,1H3. The molecule has 18 heavy (non-hydrogen) atoms. The highest BCUT2D eigenvalue weighted by Gasteiger charge is 2.20. The second-order valence-corrected chi connectivity index (χ2v) is 5.28. The molecule has 1 unspecified atom stereocenters. The predicted octanol–water partition coefficient (Wildman–Crippen LogP) is 4.63. The van der Waals surface area contributed by atoms with Gasteiger partial charge in [0, 0.05) is 20.6 Å². The number of benzene rings is 2. The third-order valence-corrected chi connectivity index (χ3v) is 3.81. The normalized spacial score (nSPS) is 12.5. The van der Waals surface area contributed by atoms with E-state index in [1.54, 1.807) is 43.3 Å². The molecule has 1 N–H and O–H groups in total. The molecule has 0 aliphatic carbocycles. The van der Waals surface area contributed by atoms with E-state index >= 15 is 0 Å². The minimum absolute atomic E-state index is 0.226. The van der Waals surface area contributed by atoms with Crippen molar-refractivity contribution in [2.24, 2.45) is 0 Å². The molecular formula is C14H11BrClFO.